The van der Waals surface area contributed by atoms with Crippen molar-refractivity contribution in [2.75, 3.05) is 6.54 Å². The fourth-order valence-electron chi connectivity index (χ4n) is 1.85. The van der Waals surface area contributed by atoms with E-state index in [1.807, 2.05) is 12.1 Å². The molecule has 1 N–H and O–H groups in total. The molecule has 70 valence electrons. The van der Waals surface area contributed by atoms with Crippen molar-refractivity contribution in [2.45, 2.75) is 19.9 Å². The van der Waals surface area contributed by atoms with Crippen LogP contribution in [0.15, 0.2) is 24.3 Å². The predicted octanol–water partition coefficient (Wildman–Crippen LogP) is 2.50. The SMILES string of the molecule is CC1(C)CNC1c1ccccc1F. The van der Waals surface area contributed by atoms with Gasteiger partial charge in [-0.3, -0.25) is 0 Å². The van der Waals surface area contributed by atoms with Crippen LogP contribution in [0, 0.1) is 11.2 Å². The van der Waals surface area contributed by atoms with Crippen molar-refractivity contribution in [3.05, 3.63) is 35.6 Å². The summed E-state index contributed by atoms with van der Waals surface area (Å²) >= 11 is 0. The van der Waals surface area contributed by atoms with Crippen molar-refractivity contribution in [3.63, 3.8) is 0 Å². The van der Waals surface area contributed by atoms with Gasteiger partial charge in [-0.05, 0) is 11.5 Å². The monoisotopic (exact) mass is 179 g/mol. The second-order valence-corrected chi connectivity index (χ2v) is 4.32. The molecule has 0 aromatic heterocycles. The van der Waals surface area contributed by atoms with E-state index in [0.717, 1.165) is 12.1 Å². The fourth-order valence-corrected chi connectivity index (χ4v) is 1.85. The lowest BCUT2D eigenvalue weighted by molar-refractivity contribution is 0.125. The quantitative estimate of drug-likeness (QED) is 0.698. The largest absolute Gasteiger partial charge is 0.309 e. The lowest BCUT2D eigenvalue weighted by Gasteiger charge is -2.46. The lowest BCUT2D eigenvalue weighted by atomic mass is 9.74. The van der Waals surface area contributed by atoms with Crippen LogP contribution in [0.1, 0.15) is 25.5 Å². The molecule has 1 aliphatic heterocycles. The molecule has 1 nitrogen and oxygen atoms in total. The van der Waals surface area contributed by atoms with Gasteiger partial charge in [0.1, 0.15) is 5.82 Å². The molecule has 1 atom stereocenters. The zero-order chi connectivity index (χ0) is 9.47. The first-order valence-corrected chi connectivity index (χ1v) is 4.59. The highest BCUT2D eigenvalue weighted by Crippen LogP contribution is 2.40. The Morgan fingerprint density at radius 3 is 2.54 bits per heavy atom. The third kappa shape index (κ3) is 1.35. The average Bonchev–Trinajstić information content (AvgIpc) is 2.07. The molecule has 1 aliphatic rings. The molecule has 1 aromatic carbocycles. The van der Waals surface area contributed by atoms with Gasteiger partial charge in [0.2, 0.25) is 0 Å². The molecule has 1 saturated heterocycles. The third-order valence-corrected chi connectivity index (χ3v) is 2.76. The van der Waals surface area contributed by atoms with Crippen LogP contribution in [0.5, 0.6) is 0 Å². The van der Waals surface area contributed by atoms with E-state index in [9.17, 15) is 4.39 Å². The van der Waals surface area contributed by atoms with Crippen molar-refractivity contribution >= 4 is 0 Å². The molecule has 1 unspecified atom stereocenters. The van der Waals surface area contributed by atoms with Crippen LogP contribution in [0.25, 0.3) is 0 Å². The number of halogens is 1. The molecular weight excluding hydrogens is 165 g/mol. The minimum atomic E-state index is -0.104. The molecule has 13 heavy (non-hydrogen) atoms. The van der Waals surface area contributed by atoms with E-state index in [2.05, 4.69) is 19.2 Å². The maximum absolute atomic E-state index is 13.4. The third-order valence-electron chi connectivity index (χ3n) is 2.76. The van der Waals surface area contributed by atoms with Crippen LogP contribution in [0.3, 0.4) is 0 Å². The molecule has 0 amide bonds. The van der Waals surface area contributed by atoms with Gasteiger partial charge in [-0.1, -0.05) is 32.0 Å². The molecule has 2 rings (SSSR count). The molecule has 0 bridgehead atoms. The minimum absolute atomic E-state index is 0.104. The Morgan fingerprint density at radius 2 is 2.08 bits per heavy atom. The van der Waals surface area contributed by atoms with E-state index in [0.29, 0.717) is 0 Å². The average molecular weight is 179 g/mol. The van der Waals surface area contributed by atoms with Crippen LogP contribution in [-0.4, -0.2) is 6.54 Å². The van der Waals surface area contributed by atoms with E-state index in [1.54, 1.807) is 6.07 Å². The Hall–Kier alpha value is -0.890. The molecular formula is C11H14FN. The van der Waals surface area contributed by atoms with Crippen LogP contribution in [-0.2, 0) is 0 Å². The molecule has 1 heterocycles. The maximum atomic E-state index is 13.4. The molecule has 0 spiro atoms. The summed E-state index contributed by atoms with van der Waals surface area (Å²) in [5, 5.41) is 3.25. The first-order valence-electron chi connectivity index (χ1n) is 4.59. The number of rotatable bonds is 1. The summed E-state index contributed by atoms with van der Waals surface area (Å²) in [6.07, 6.45) is 0. The van der Waals surface area contributed by atoms with Crippen molar-refractivity contribution in [3.8, 4) is 0 Å². The summed E-state index contributed by atoms with van der Waals surface area (Å²) in [5.41, 5.74) is 0.973. The van der Waals surface area contributed by atoms with E-state index >= 15 is 0 Å². The standard InChI is InChI=1S/C11H14FN/c1-11(2)7-13-10(11)8-5-3-4-6-9(8)12/h3-6,10,13H,7H2,1-2H3. The van der Waals surface area contributed by atoms with Gasteiger partial charge < -0.3 is 5.32 Å². The van der Waals surface area contributed by atoms with Gasteiger partial charge in [-0.15, -0.1) is 0 Å². The molecule has 0 saturated carbocycles. The molecule has 0 radical (unpaired) electrons. The molecule has 1 fully saturated rings. The number of hydrogen-bond donors (Lipinski definition) is 1. The van der Waals surface area contributed by atoms with Gasteiger partial charge in [0.25, 0.3) is 0 Å². The molecule has 2 heteroatoms. The van der Waals surface area contributed by atoms with E-state index in [1.165, 1.54) is 6.07 Å². The van der Waals surface area contributed by atoms with Gasteiger partial charge in [0, 0.05) is 18.2 Å². The van der Waals surface area contributed by atoms with Gasteiger partial charge in [-0.25, -0.2) is 4.39 Å². The Bertz CT molecular complexity index is 320. The second kappa shape index (κ2) is 2.81. The van der Waals surface area contributed by atoms with Crippen molar-refractivity contribution in [2.24, 2.45) is 5.41 Å². The van der Waals surface area contributed by atoms with E-state index in [-0.39, 0.29) is 17.3 Å². The lowest BCUT2D eigenvalue weighted by Crippen LogP contribution is -2.52. The molecule has 0 aliphatic carbocycles. The predicted molar refractivity (Wildman–Crippen MR) is 50.9 cm³/mol. The highest BCUT2D eigenvalue weighted by Gasteiger charge is 2.40. The van der Waals surface area contributed by atoms with E-state index in [4.69, 9.17) is 0 Å². The van der Waals surface area contributed by atoms with Crippen LogP contribution in [0.2, 0.25) is 0 Å². The van der Waals surface area contributed by atoms with Crippen LogP contribution in [0.4, 0.5) is 4.39 Å². The smallest absolute Gasteiger partial charge is 0.127 e. The van der Waals surface area contributed by atoms with Crippen molar-refractivity contribution in [1.82, 2.24) is 5.32 Å². The zero-order valence-electron chi connectivity index (χ0n) is 7.97. The number of nitrogens with one attached hydrogen (secondary N) is 1. The fraction of sp³-hybridized carbons (Fsp3) is 0.455. The number of hydrogen-bond acceptors (Lipinski definition) is 1. The van der Waals surface area contributed by atoms with Gasteiger partial charge >= 0.3 is 0 Å². The minimum Gasteiger partial charge on any atom is -0.309 e. The summed E-state index contributed by atoms with van der Waals surface area (Å²) in [4.78, 5) is 0. The van der Waals surface area contributed by atoms with Crippen LogP contribution < -0.4 is 5.32 Å². The van der Waals surface area contributed by atoms with E-state index < -0.39 is 0 Å². The Labute approximate surface area is 78.0 Å². The summed E-state index contributed by atoms with van der Waals surface area (Å²) in [6, 6.07) is 7.16. The Balaban J connectivity index is 2.32. The zero-order valence-corrected chi connectivity index (χ0v) is 7.97. The van der Waals surface area contributed by atoms with Crippen molar-refractivity contribution < 1.29 is 4.39 Å². The highest BCUT2D eigenvalue weighted by molar-refractivity contribution is 5.25. The molecule has 1 aromatic rings. The second-order valence-electron chi connectivity index (χ2n) is 4.32. The Kier molecular flexibility index (Phi) is 1.88. The Morgan fingerprint density at radius 1 is 1.38 bits per heavy atom. The van der Waals surface area contributed by atoms with Gasteiger partial charge in [0.15, 0.2) is 0 Å². The van der Waals surface area contributed by atoms with Gasteiger partial charge in [-0.2, -0.15) is 0 Å². The summed E-state index contributed by atoms with van der Waals surface area (Å²) < 4.78 is 13.4. The first-order chi connectivity index (χ1) is 6.11. The van der Waals surface area contributed by atoms with Crippen LogP contribution >= 0.6 is 0 Å². The van der Waals surface area contributed by atoms with Crippen molar-refractivity contribution in [1.29, 1.82) is 0 Å². The summed E-state index contributed by atoms with van der Waals surface area (Å²) in [6.45, 7) is 5.27. The number of benzene rings is 1. The normalized spacial score (nSPS) is 25.3. The van der Waals surface area contributed by atoms with Gasteiger partial charge in [0.05, 0.1) is 0 Å². The maximum Gasteiger partial charge on any atom is 0.127 e. The highest BCUT2D eigenvalue weighted by atomic mass is 19.1. The summed E-state index contributed by atoms with van der Waals surface area (Å²) in [7, 11) is 0. The summed E-state index contributed by atoms with van der Waals surface area (Å²) in [5.74, 6) is -0.104. The topological polar surface area (TPSA) is 12.0 Å². The first kappa shape index (κ1) is 8.70.